The lowest BCUT2D eigenvalue weighted by molar-refractivity contribution is -0.132. The number of carboxylic acids is 1. The van der Waals surface area contributed by atoms with Crippen LogP contribution in [-0.2, 0) is 4.79 Å². The number of carboxylic acid groups (broad SMARTS) is 1. The number of nitrogens with two attached hydrogens (primary N) is 1. The van der Waals surface area contributed by atoms with Crippen molar-refractivity contribution in [2.75, 3.05) is 0 Å². The van der Waals surface area contributed by atoms with Gasteiger partial charge in [-0.05, 0) is 30.2 Å². The molecule has 0 spiro atoms. The topological polar surface area (TPSA) is 76.2 Å². The zero-order valence-corrected chi connectivity index (χ0v) is 7.19. The van der Waals surface area contributed by atoms with Gasteiger partial charge in [-0.25, -0.2) is 4.79 Å². The lowest BCUT2D eigenvalue weighted by atomic mass is 10.2. The lowest BCUT2D eigenvalue weighted by Gasteiger charge is -1.96. The second-order valence-electron chi connectivity index (χ2n) is 2.70. The van der Waals surface area contributed by atoms with Crippen LogP contribution < -0.4 is 5.73 Å². The maximum atomic E-state index is 10.4. The van der Waals surface area contributed by atoms with Crippen molar-refractivity contribution in [1.29, 1.82) is 0 Å². The van der Waals surface area contributed by atoms with Gasteiger partial charge in [0.15, 0.2) is 0 Å². The molecule has 0 saturated carbocycles. The van der Waals surface area contributed by atoms with E-state index in [-0.39, 0.29) is 5.70 Å². The second kappa shape index (κ2) is 3.71. The Kier molecular flexibility index (Phi) is 2.64. The first-order valence-corrected chi connectivity index (χ1v) is 3.71. The molecule has 1 heterocycles. The smallest absolute Gasteiger partial charge is 0.351 e. The van der Waals surface area contributed by atoms with Crippen molar-refractivity contribution >= 4 is 12.0 Å². The number of hydrogen-bond donors (Lipinski definition) is 2. The van der Waals surface area contributed by atoms with E-state index in [1.54, 1.807) is 12.4 Å². The first kappa shape index (κ1) is 9.25. The number of carbonyl (C=O) groups is 1. The van der Waals surface area contributed by atoms with Gasteiger partial charge in [-0.3, -0.25) is 4.98 Å². The molecule has 0 unspecified atom stereocenters. The molecule has 0 aliphatic carbocycles. The maximum absolute atomic E-state index is 10.4. The van der Waals surface area contributed by atoms with Gasteiger partial charge in [0, 0.05) is 12.4 Å². The summed E-state index contributed by atoms with van der Waals surface area (Å²) in [5, 5.41) is 8.50. The third-order valence-corrected chi connectivity index (χ3v) is 1.47. The molecule has 4 nitrogen and oxygen atoms in total. The van der Waals surface area contributed by atoms with Gasteiger partial charge in [0.2, 0.25) is 0 Å². The van der Waals surface area contributed by atoms with Crippen molar-refractivity contribution in [2.45, 2.75) is 6.92 Å². The van der Waals surface area contributed by atoms with Crippen molar-refractivity contribution in [2.24, 2.45) is 5.73 Å². The van der Waals surface area contributed by atoms with E-state index in [2.05, 4.69) is 4.98 Å². The Hall–Kier alpha value is -1.84. The van der Waals surface area contributed by atoms with Crippen molar-refractivity contribution in [3.63, 3.8) is 0 Å². The van der Waals surface area contributed by atoms with E-state index in [9.17, 15) is 4.79 Å². The minimum atomic E-state index is -1.12. The van der Waals surface area contributed by atoms with E-state index in [1.807, 2.05) is 13.0 Å². The highest BCUT2D eigenvalue weighted by molar-refractivity contribution is 5.90. The first-order valence-electron chi connectivity index (χ1n) is 3.71. The monoisotopic (exact) mass is 178 g/mol. The van der Waals surface area contributed by atoms with E-state index in [4.69, 9.17) is 10.8 Å². The van der Waals surface area contributed by atoms with Crippen LogP contribution in [0.4, 0.5) is 0 Å². The number of aromatic nitrogens is 1. The Bertz CT molecular complexity index is 358. The Morgan fingerprint density at radius 3 is 2.85 bits per heavy atom. The van der Waals surface area contributed by atoms with Gasteiger partial charge in [0.05, 0.1) is 0 Å². The molecule has 68 valence electrons. The SMILES string of the molecule is Cc1cncc(/C=C(/N)C(=O)O)c1. The minimum Gasteiger partial charge on any atom is -0.477 e. The predicted octanol–water partition coefficient (Wildman–Crippen LogP) is 0.774. The van der Waals surface area contributed by atoms with Crippen LogP contribution in [0.25, 0.3) is 6.08 Å². The van der Waals surface area contributed by atoms with Crippen molar-refractivity contribution in [3.8, 4) is 0 Å². The van der Waals surface area contributed by atoms with Crippen LogP contribution in [0, 0.1) is 6.92 Å². The molecule has 0 atom stereocenters. The summed E-state index contributed by atoms with van der Waals surface area (Å²) in [6, 6.07) is 1.81. The van der Waals surface area contributed by atoms with E-state index >= 15 is 0 Å². The molecule has 0 fully saturated rings. The summed E-state index contributed by atoms with van der Waals surface area (Å²) in [6.45, 7) is 1.88. The zero-order chi connectivity index (χ0) is 9.84. The Balaban J connectivity index is 2.97. The van der Waals surface area contributed by atoms with Gasteiger partial charge in [0.25, 0.3) is 0 Å². The molecule has 1 aromatic heterocycles. The third-order valence-electron chi connectivity index (χ3n) is 1.47. The largest absolute Gasteiger partial charge is 0.477 e. The summed E-state index contributed by atoms with van der Waals surface area (Å²) in [4.78, 5) is 14.3. The Labute approximate surface area is 75.7 Å². The van der Waals surface area contributed by atoms with Crippen molar-refractivity contribution in [3.05, 3.63) is 35.3 Å². The summed E-state index contributed by atoms with van der Waals surface area (Å²) in [6.07, 6.45) is 4.62. The van der Waals surface area contributed by atoms with Gasteiger partial charge in [-0.1, -0.05) is 0 Å². The van der Waals surface area contributed by atoms with E-state index in [1.165, 1.54) is 6.08 Å². The molecule has 0 amide bonds. The molecular weight excluding hydrogens is 168 g/mol. The molecule has 0 saturated heterocycles. The number of hydrogen-bond acceptors (Lipinski definition) is 3. The molecule has 0 radical (unpaired) electrons. The number of aryl methyl sites for hydroxylation is 1. The summed E-state index contributed by atoms with van der Waals surface area (Å²) in [5.74, 6) is -1.12. The van der Waals surface area contributed by atoms with E-state index in [0.29, 0.717) is 5.56 Å². The molecule has 0 bridgehead atoms. The maximum Gasteiger partial charge on any atom is 0.351 e. The Morgan fingerprint density at radius 1 is 1.62 bits per heavy atom. The molecule has 13 heavy (non-hydrogen) atoms. The third kappa shape index (κ3) is 2.59. The van der Waals surface area contributed by atoms with Crippen LogP contribution in [0.3, 0.4) is 0 Å². The average molecular weight is 178 g/mol. The van der Waals surface area contributed by atoms with E-state index in [0.717, 1.165) is 5.56 Å². The summed E-state index contributed by atoms with van der Waals surface area (Å²) < 4.78 is 0. The predicted molar refractivity (Wildman–Crippen MR) is 48.8 cm³/mol. The van der Waals surface area contributed by atoms with Crippen LogP contribution in [0.2, 0.25) is 0 Å². The number of rotatable bonds is 2. The fourth-order valence-corrected chi connectivity index (χ4v) is 0.899. The van der Waals surface area contributed by atoms with Gasteiger partial charge < -0.3 is 10.8 Å². The molecular formula is C9H10N2O2. The Morgan fingerprint density at radius 2 is 2.31 bits per heavy atom. The summed E-state index contributed by atoms with van der Waals surface area (Å²) >= 11 is 0. The van der Waals surface area contributed by atoms with Crippen LogP contribution in [0.15, 0.2) is 24.2 Å². The normalized spacial score (nSPS) is 11.3. The zero-order valence-electron chi connectivity index (χ0n) is 7.19. The molecule has 3 N–H and O–H groups in total. The molecule has 1 aromatic rings. The highest BCUT2D eigenvalue weighted by Crippen LogP contribution is 2.04. The highest BCUT2D eigenvalue weighted by Gasteiger charge is 2.00. The highest BCUT2D eigenvalue weighted by atomic mass is 16.4. The minimum absolute atomic E-state index is 0.188. The van der Waals surface area contributed by atoms with Crippen molar-refractivity contribution < 1.29 is 9.90 Å². The van der Waals surface area contributed by atoms with Crippen LogP contribution in [-0.4, -0.2) is 16.1 Å². The van der Waals surface area contributed by atoms with Gasteiger partial charge in [-0.2, -0.15) is 0 Å². The van der Waals surface area contributed by atoms with E-state index < -0.39 is 5.97 Å². The van der Waals surface area contributed by atoms with Crippen molar-refractivity contribution in [1.82, 2.24) is 4.98 Å². The molecule has 0 aliphatic heterocycles. The first-order chi connectivity index (χ1) is 6.09. The van der Waals surface area contributed by atoms with Gasteiger partial charge in [-0.15, -0.1) is 0 Å². The second-order valence-corrected chi connectivity index (χ2v) is 2.70. The van der Waals surface area contributed by atoms with Crippen LogP contribution >= 0.6 is 0 Å². The fraction of sp³-hybridized carbons (Fsp3) is 0.111. The van der Waals surface area contributed by atoms with Gasteiger partial charge >= 0.3 is 5.97 Å². The number of aliphatic carboxylic acids is 1. The average Bonchev–Trinajstić information content (AvgIpc) is 2.04. The quantitative estimate of drug-likeness (QED) is 0.656. The molecule has 0 aromatic carbocycles. The van der Waals surface area contributed by atoms with Gasteiger partial charge in [0.1, 0.15) is 5.70 Å². The summed E-state index contributed by atoms with van der Waals surface area (Å²) in [7, 11) is 0. The lowest BCUT2D eigenvalue weighted by Crippen LogP contribution is -2.09. The molecule has 1 rings (SSSR count). The molecule has 0 aliphatic rings. The summed E-state index contributed by atoms with van der Waals surface area (Å²) in [5.41, 5.74) is 6.70. The van der Waals surface area contributed by atoms with Crippen LogP contribution in [0.1, 0.15) is 11.1 Å². The number of pyridine rings is 1. The number of nitrogens with zero attached hydrogens (tertiary/aromatic N) is 1. The fourth-order valence-electron chi connectivity index (χ4n) is 0.899. The standard InChI is InChI=1S/C9H10N2O2/c1-6-2-7(5-11-4-6)3-8(10)9(12)13/h2-5H,10H2,1H3,(H,12,13)/b8-3+. The van der Waals surface area contributed by atoms with Crippen LogP contribution in [0.5, 0.6) is 0 Å². The molecule has 4 heteroatoms.